The fraction of sp³-hybridized carbons (Fsp3) is 1.00. The molecule has 54 valence electrons. The van der Waals surface area contributed by atoms with E-state index in [0.717, 1.165) is 13.2 Å². The monoisotopic (exact) mass is 133 g/mol. The standard InChI is InChI=1S/C6H12FNO/c1-8-2-3-9-5-6(8)4-7/h6H,2-5H2,1H3. The van der Waals surface area contributed by atoms with E-state index in [9.17, 15) is 4.39 Å². The van der Waals surface area contributed by atoms with Crippen LogP contribution in [-0.4, -0.2) is 44.4 Å². The Hall–Kier alpha value is -0.150. The molecule has 1 fully saturated rings. The van der Waals surface area contributed by atoms with Gasteiger partial charge in [-0.05, 0) is 7.05 Å². The average molecular weight is 133 g/mol. The van der Waals surface area contributed by atoms with Crippen LogP contribution in [0.15, 0.2) is 0 Å². The smallest absolute Gasteiger partial charge is 0.107 e. The second kappa shape index (κ2) is 3.13. The fourth-order valence-corrected chi connectivity index (χ4v) is 0.900. The van der Waals surface area contributed by atoms with Gasteiger partial charge in [-0.3, -0.25) is 4.90 Å². The van der Waals surface area contributed by atoms with Crippen molar-refractivity contribution in [3.63, 3.8) is 0 Å². The summed E-state index contributed by atoms with van der Waals surface area (Å²) in [7, 11) is 1.92. The number of ether oxygens (including phenoxy) is 1. The molecule has 0 spiro atoms. The summed E-state index contributed by atoms with van der Waals surface area (Å²) in [6.45, 7) is 1.85. The molecule has 1 aliphatic rings. The lowest BCUT2D eigenvalue weighted by atomic mass is 10.3. The molecule has 1 saturated heterocycles. The molecule has 2 nitrogen and oxygen atoms in total. The van der Waals surface area contributed by atoms with Gasteiger partial charge in [-0.2, -0.15) is 0 Å². The summed E-state index contributed by atoms with van der Waals surface area (Å²) in [5, 5.41) is 0. The Morgan fingerprint density at radius 1 is 1.78 bits per heavy atom. The highest BCUT2D eigenvalue weighted by Crippen LogP contribution is 2.03. The second-order valence-corrected chi connectivity index (χ2v) is 2.36. The third kappa shape index (κ3) is 1.63. The number of alkyl halides is 1. The summed E-state index contributed by atoms with van der Waals surface area (Å²) in [4.78, 5) is 1.99. The highest BCUT2D eigenvalue weighted by molar-refractivity contribution is 4.70. The van der Waals surface area contributed by atoms with Crippen molar-refractivity contribution in [3.8, 4) is 0 Å². The summed E-state index contributed by atoms with van der Waals surface area (Å²) in [5.74, 6) is 0. The van der Waals surface area contributed by atoms with E-state index in [1.54, 1.807) is 0 Å². The highest BCUT2D eigenvalue weighted by atomic mass is 19.1. The van der Waals surface area contributed by atoms with Crippen LogP contribution < -0.4 is 0 Å². The van der Waals surface area contributed by atoms with Gasteiger partial charge in [0.15, 0.2) is 0 Å². The van der Waals surface area contributed by atoms with E-state index in [2.05, 4.69) is 0 Å². The van der Waals surface area contributed by atoms with Crippen molar-refractivity contribution in [2.75, 3.05) is 33.5 Å². The molecular weight excluding hydrogens is 121 g/mol. The zero-order chi connectivity index (χ0) is 6.69. The van der Waals surface area contributed by atoms with Gasteiger partial charge in [-0.15, -0.1) is 0 Å². The molecule has 0 bridgehead atoms. The molecule has 0 amide bonds. The van der Waals surface area contributed by atoms with E-state index in [0.29, 0.717) is 6.61 Å². The van der Waals surface area contributed by atoms with Crippen molar-refractivity contribution >= 4 is 0 Å². The van der Waals surface area contributed by atoms with Crippen LogP contribution in [0.5, 0.6) is 0 Å². The van der Waals surface area contributed by atoms with E-state index in [4.69, 9.17) is 4.74 Å². The molecule has 0 aromatic carbocycles. The van der Waals surface area contributed by atoms with Crippen LogP contribution in [-0.2, 0) is 4.74 Å². The summed E-state index contributed by atoms with van der Waals surface area (Å²) in [6, 6.07) is -0.00116. The molecular formula is C6H12FNO. The van der Waals surface area contributed by atoms with Crippen LogP contribution >= 0.6 is 0 Å². The normalized spacial score (nSPS) is 30.7. The van der Waals surface area contributed by atoms with Crippen molar-refractivity contribution in [3.05, 3.63) is 0 Å². The minimum Gasteiger partial charge on any atom is -0.378 e. The minimum absolute atomic E-state index is 0.00116. The third-order valence-electron chi connectivity index (χ3n) is 1.70. The molecule has 1 aliphatic heterocycles. The molecule has 0 saturated carbocycles. The predicted molar refractivity (Wildman–Crippen MR) is 33.2 cm³/mol. The molecule has 1 heterocycles. The molecule has 0 aromatic heterocycles. The minimum atomic E-state index is -0.295. The molecule has 9 heavy (non-hydrogen) atoms. The van der Waals surface area contributed by atoms with Gasteiger partial charge in [0.2, 0.25) is 0 Å². The average Bonchev–Trinajstić information content (AvgIpc) is 1.89. The summed E-state index contributed by atoms with van der Waals surface area (Å²) in [5.41, 5.74) is 0. The number of nitrogens with zero attached hydrogens (tertiary/aromatic N) is 1. The van der Waals surface area contributed by atoms with Gasteiger partial charge < -0.3 is 4.74 Å². The summed E-state index contributed by atoms with van der Waals surface area (Å²) >= 11 is 0. The van der Waals surface area contributed by atoms with Crippen LogP contribution in [0.1, 0.15) is 0 Å². The van der Waals surface area contributed by atoms with Crippen molar-refractivity contribution in [2.24, 2.45) is 0 Å². The van der Waals surface area contributed by atoms with Crippen LogP contribution in [0, 0.1) is 0 Å². The number of morpholine rings is 1. The largest absolute Gasteiger partial charge is 0.378 e. The van der Waals surface area contributed by atoms with Gasteiger partial charge in [0, 0.05) is 6.54 Å². The summed E-state index contributed by atoms with van der Waals surface area (Å²) < 4.78 is 17.1. The first-order valence-electron chi connectivity index (χ1n) is 3.18. The SMILES string of the molecule is CN1CCOCC1CF. The molecule has 1 rings (SSSR count). The van der Waals surface area contributed by atoms with Gasteiger partial charge in [-0.1, -0.05) is 0 Å². The first-order valence-corrected chi connectivity index (χ1v) is 3.18. The van der Waals surface area contributed by atoms with Crippen molar-refractivity contribution in [1.29, 1.82) is 0 Å². The molecule has 0 aromatic rings. The third-order valence-corrected chi connectivity index (χ3v) is 1.70. The number of rotatable bonds is 1. The van der Waals surface area contributed by atoms with Crippen LogP contribution in [0.3, 0.4) is 0 Å². The molecule has 0 radical (unpaired) electrons. The second-order valence-electron chi connectivity index (χ2n) is 2.36. The first-order chi connectivity index (χ1) is 4.34. The van der Waals surface area contributed by atoms with Crippen LogP contribution in [0.25, 0.3) is 0 Å². The highest BCUT2D eigenvalue weighted by Gasteiger charge is 2.18. The number of hydrogen-bond donors (Lipinski definition) is 0. The Kier molecular flexibility index (Phi) is 2.42. The number of halogens is 1. The maximum atomic E-state index is 12.0. The Morgan fingerprint density at radius 3 is 3.00 bits per heavy atom. The topological polar surface area (TPSA) is 12.5 Å². The lowest BCUT2D eigenvalue weighted by molar-refractivity contribution is -0.00257. The van der Waals surface area contributed by atoms with Crippen molar-refractivity contribution < 1.29 is 9.13 Å². The predicted octanol–water partition coefficient (Wildman–Crippen LogP) is 0.286. The molecule has 3 heteroatoms. The zero-order valence-corrected chi connectivity index (χ0v) is 5.64. The van der Waals surface area contributed by atoms with Crippen molar-refractivity contribution in [2.45, 2.75) is 6.04 Å². The van der Waals surface area contributed by atoms with E-state index < -0.39 is 0 Å². The number of hydrogen-bond acceptors (Lipinski definition) is 2. The van der Waals surface area contributed by atoms with Crippen molar-refractivity contribution in [1.82, 2.24) is 4.90 Å². The van der Waals surface area contributed by atoms with Crippen LogP contribution in [0.2, 0.25) is 0 Å². The van der Waals surface area contributed by atoms with E-state index >= 15 is 0 Å². The van der Waals surface area contributed by atoms with Gasteiger partial charge in [0.05, 0.1) is 19.3 Å². The number of likely N-dealkylation sites (N-methyl/N-ethyl adjacent to an activating group) is 1. The maximum absolute atomic E-state index is 12.0. The fourth-order valence-electron chi connectivity index (χ4n) is 0.900. The Labute approximate surface area is 54.6 Å². The lowest BCUT2D eigenvalue weighted by Crippen LogP contribution is -2.43. The lowest BCUT2D eigenvalue weighted by Gasteiger charge is -2.29. The van der Waals surface area contributed by atoms with E-state index in [1.807, 2.05) is 11.9 Å². The van der Waals surface area contributed by atoms with E-state index in [1.165, 1.54) is 0 Å². The van der Waals surface area contributed by atoms with Gasteiger partial charge in [0.1, 0.15) is 6.67 Å². The van der Waals surface area contributed by atoms with Gasteiger partial charge in [0.25, 0.3) is 0 Å². The Balaban J connectivity index is 2.30. The Morgan fingerprint density at radius 2 is 2.56 bits per heavy atom. The first kappa shape index (κ1) is 6.96. The van der Waals surface area contributed by atoms with Gasteiger partial charge >= 0.3 is 0 Å². The quantitative estimate of drug-likeness (QED) is 0.509. The maximum Gasteiger partial charge on any atom is 0.107 e. The molecule has 1 atom stereocenters. The van der Waals surface area contributed by atoms with Crippen LogP contribution in [0.4, 0.5) is 4.39 Å². The molecule has 1 unspecified atom stereocenters. The Bertz CT molecular complexity index is 89.1. The van der Waals surface area contributed by atoms with Gasteiger partial charge in [-0.25, -0.2) is 4.39 Å². The molecule has 0 N–H and O–H groups in total. The summed E-state index contributed by atoms with van der Waals surface area (Å²) in [6.07, 6.45) is 0. The zero-order valence-electron chi connectivity index (χ0n) is 5.64. The van der Waals surface area contributed by atoms with E-state index in [-0.39, 0.29) is 12.7 Å². The molecule has 0 aliphatic carbocycles.